The molecule has 0 spiro atoms. The average molecular weight is 862 g/mol. The maximum Gasteiger partial charge on any atom is 0.270 e. The van der Waals surface area contributed by atoms with Crippen LogP contribution < -0.4 is 5.32 Å². The van der Waals surface area contributed by atoms with E-state index in [1.54, 1.807) is 0 Å². The van der Waals surface area contributed by atoms with Crippen LogP contribution in [0.25, 0.3) is 0 Å². The molecule has 1 heterocycles. The van der Waals surface area contributed by atoms with E-state index in [4.69, 9.17) is 9.47 Å². The summed E-state index contributed by atoms with van der Waals surface area (Å²) in [5.41, 5.74) is 0. The van der Waals surface area contributed by atoms with E-state index in [1.165, 1.54) is 173 Å². The molecular formula is C50H97F2NO7. The van der Waals surface area contributed by atoms with Crippen molar-refractivity contribution in [1.29, 1.82) is 0 Å². The van der Waals surface area contributed by atoms with Gasteiger partial charge in [-0.3, -0.25) is 4.79 Å². The SMILES string of the molecule is CCCCCCCCCCCCCCCCCCCCCCCCCC(=O)N[C@@H](CO[C@H]1O[C@H](CO)[C@H](O)[C@H](O)[C@H]1O)C(F)(F)CCCCCCCCCCCCCCC. The Morgan fingerprint density at radius 1 is 0.533 bits per heavy atom. The fourth-order valence-corrected chi connectivity index (χ4v) is 8.56. The normalized spacial score (nSPS) is 20.2. The van der Waals surface area contributed by atoms with Crippen molar-refractivity contribution in [3.05, 3.63) is 0 Å². The van der Waals surface area contributed by atoms with E-state index in [9.17, 15) is 25.2 Å². The van der Waals surface area contributed by atoms with Gasteiger partial charge in [-0.15, -0.1) is 0 Å². The number of rotatable bonds is 44. The first-order chi connectivity index (χ1) is 29.2. The molecule has 5 N–H and O–H groups in total. The third kappa shape index (κ3) is 30.2. The number of unbranched alkanes of at least 4 members (excludes halogenated alkanes) is 34. The first-order valence-electron chi connectivity index (χ1n) is 25.8. The zero-order chi connectivity index (χ0) is 43.9. The minimum absolute atomic E-state index is 0.143. The number of aliphatic hydroxyl groups is 4. The lowest BCUT2D eigenvalue weighted by Crippen LogP contribution is -2.60. The van der Waals surface area contributed by atoms with Crippen LogP contribution in [-0.2, 0) is 14.3 Å². The molecular weight excluding hydrogens is 765 g/mol. The average Bonchev–Trinajstić information content (AvgIpc) is 3.23. The highest BCUT2D eigenvalue weighted by Gasteiger charge is 2.46. The molecule has 0 unspecified atom stereocenters. The van der Waals surface area contributed by atoms with Gasteiger partial charge < -0.3 is 35.2 Å². The fraction of sp³-hybridized carbons (Fsp3) is 0.980. The molecule has 1 amide bonds. The Kier molecular flexibility index (Phi) is 37.8. The number of halogens is 2. The highest BCUT2D eigenvalue weighted by Crippen LogP contribution is 2.29. The van der Waals surface area contributed by atoms with Gasteiger partial charge in [0, 0.05) is 12.8 Å². The summed E-state index contributed by atoms with van der Waals surface area (Å²) in [6.07, 6.45) is 35.8. The number of hydrogen-bond donors (Lipinski definition) is 5. The predicted molar refractivity (Wildman–Crippen MR) is 243 cm³/mol. The smallest absolute Gasteiger partial charge is 0.270 e. The standard InChI is InChI=1S/C50H97F2NO7/c1-3-5-7-9-11-13-15-17-18-19-20-21-22-23-24-25-26-27-29-31-33-35-37-39-45(55)53-44(42-59-49-48(58)47(57)46(56)43(41-54)60-49)50(51,52)40-38-36-34-32-30-28-16-14-12-10-8-6-4-2/h43-44,46-49,54,56-58H,3-42H2,1-2H3,(H,53,55)/t43-,44+,46+,47+,48-,49+/m1/s1. The van der Waals surface area contributed by atoms with Gasteiger partial charge in [0.05, 0.1) is 13.2 Å². The molecule has 0 aromatic carbocycles. The zero-order valence-corrected chi connectivity index (χ0v) is 39.0. The second kappa shape index (κ2) is 39.7. The second-order valence-corrected chi connectivity index (χ2v) is 18.4. The molecule has 6 atom stereocenters. The summed E-state index contributed by atoms with van der Waals surface area (Å²) in [7, 11) is 0. The van der Waals surface area contributed by atoms with Gasteiger partial charge in [0.15, 0.2) is 6.29 Å². The van der Waals surface area contributed by atoms with E-state index >= 15 is 8.78 Å². The van der Waals surface area contributed by atoms with E-state index in [1.807, 2.05) is 0 Å². The minimum Gasteiger partial charge on any atom is -0.394 e. The number of aliphatic hydroxyl groups excluding tert-OH is 4. The quantitative estimate of drug-likeness (QED) is 0.0386. The van der Waals surface area contributed by atoms with Crippen LogP contribution in [0.1, 0.15) is 258 Å². The number of nitrogens with one attached hydrogen (secondary N) is 1. The molecule has 1 saturated heterocycles. The van der Waals surface area contributed by atoms with Crippen molar-refractivity contribution in [2.24, 2.45) is 0 Å². The Labute approximate surface area is 367 Å². The highest BCUT2D eigenvalue weighted by molar-refractivity contribution is 5.76. The molecule has 358 valence electrons. The Bertz CT molecular complexity index is 944. The van der Waals surface area contributed by atoms with Crippen molar-refractivity contribution >= 4 is 5.91 Å². The summed E-state index contributed by atoms with van der Waals surface area (Å²) >= 11 is 0. The van der Waals surface area contributed by atoms with Gasteiger partial charge in [-0.2, -0.15) is 0 Å². The number of ether oxygens (including phenoxy) is 2. The van der Waals surface area contributed by atoms with Crippen molar-refractivity contribution in [3.63, 3.8) is 0 Å². The van der Waals surface area contributed by atoms with Crippen LogP contribution in [0.5, 0.6) is 0 Å². The number of alkyl halides is 2. The largest absolute Gasteiger partial charge is 0.394 e. The third-order valence-corrected chi connectivity index (χ3v) is 12.7. The minimum atomic E-state index is -3.27. The first-order valence-corrected chi connectivity index (χ1v) is 25.8. The van der Waals surface area contributed by atoms with Crippen LogP contribution in [0.4, 0.5) is 8.78 Å². The third-order valence-electron chi connectivity index (χ3n) is 12.7. The number of carbonyl (C=O) groups excluding carboxylic acids is 1. The highest BCUT2D eigenvalue weighted by atomic mass is 19.3. The Hall–Kier alpha value is -0.910. The van der Waals surface area contributed by atoms with E-state index in [2.05, 4.69) is 19.2 Å². The molecule has 0 bridgehead atoms. The molecule has 1 aliphatic heterocycles. The maximum absolute atomic E-state index is 15.7. The second-order valence-electron chi connectivity index (χ2n) is 18.4. The van der Waals surface area contributed by atoms with Crippen LogP contribution >= 0.6 is 0 Å². The fourth-order valence-electron chi connectivity index (χ4n) is 8.56. The molecule has 10 heteroatoms. The summed E-state index contributed by atoms with van der Waals surface area (Å²) in [4.78, 5) is 12.9. The van der Waals surface area contributed by atoms with E-state index in [-0.39, 0.29) is 6.42 Å². The molecule has 8 nitrogen and oxygen atoms in total. The maximum atomic E-state index is 15.7. The van der Waals surface area contributed by atoms with Gasteiger partial charge in [0.25, 0.3) is 5.92 Å². The molecule has 0 radical (unpaired) electrons. The predicted octanol–water partition coefficient (Wildman–Crippen LogP) is 12.8. The number of amides is 1. The zero-order valence-electron chi connectivity index (χ0n) is 39.0. The van der Waals surface area contributed by atoms with Crippen LogP contribution in [0.15, 0.2) is 0 Å². The molecule has 1 fully saturated rings. The van der Waals surface area contributed by atoms with Crippen molar-refractivity contribution in [2.75, 3.05) is 13.2 Å². The van der Waals surface area contributed by atoms with Crippen LogP contribution in [0.3, 0.4) is 0 Å². The first kappa shape index (κ1) is 57.1. The lowest BCUT2D eigenvalue weighted by atomic mass is 9.99. The van der Waals surface area contributed by atoms with Crippen LogP contribution in [-0.4, -0.2) is 82.2 Å². The number of carbonyl (C=O) groups is 1. The topological polar surface area (TPSA) is 128 Å². The Balaban J connectivity index is 2.27. The van der Waals surface area contributed by atoms with E-state index < -0.39 is 68.2 Å². The molecule has 60 heavy (non-hydrogen) atoms. The van der Waals surface area contributed by atoms with Crippen molar-refractivity contribution in [2.45, 2.75) is 301 Å². The molecule has 0 saturated carbocycles. The number of hydrogen-bond acceptors (Lipinski definition) is 7. The molecule has 0 aromatic rings. The Morgan fingerprint density at radius 3 is 1.22 bits per heavy atom. The summed E-state index contributed by atoms with van der Waals surface area (Å²) in [6, 6.07) is -1.65. The van der Waals surface area contributed by atoms with Crippen molar-refractivity contribution < 1.29 is 43.5 Å². The monoisotopic (exact) mass is 862 g/mol. The summed E-state index contributed by atoms with van der Waals surface area (Å²) in [5, 5.41) is 42.6. The van der Waals surface area contributed by atoms with Gasteiger partial charge in [-0.25, -0.2) is 8.78 Å². The van der Waals surface area contributed by atoms with Gasteiger partial charge >= 0.3 is 0 Å². The lowest BCUT2D eigenvalue weighted by molar-refractivity contribution is -0.304. The van der Waals surface area contributed by atoms with E-state index in [0.717, 1.165) is 38.5 Å². The van der Waals surface area contributed by atoms with Crippen molar-refractivity contribution in [3.8, 4) is 0 Å². The van der Waals surface area contributed by atoms with Crippen LogP contribution in [0, 0.1) is 0 Å². The summed E-state index contributed by atoms with van der Waals surface area (Å²) in [5.74, 6) is -3.74. The van der Waals surface area contributed by atoms with Gasteiger partial charge in [-0.1, -0.05) is 232 Å². The van der Waals surface area contributed by atoms with E-state index in [0.29, 0.717) is 19.3 Å². The van der Waals surface area contributed by atoms with Gasteiger partial charge in [0.1, 0.15) is 30.5 Å². The van der Waals surface area contributed by atoms with Crippen LogP contribution in [0.2, 0.25) is 0 Å². The van der Waals surface area contributed by atoms with Crippen molar-refractivity contribution in [1.82, 2.24) is 5.32 Å². The molecule has 0 aromatic heterocycles. The molecule has 0 aliphatic carbocycles. The van der Waals surface area contributed by atoms with Gasteiger partial charge in [-0.05, 0) is 12.8 Å². The lowest BCUT2D eigenvalue weighted by Gasteiger charge is -2.40. The summed E-state index contributed by atoms with van der Waals surface area (Å²) in [6.45, 7) is 3.20. The summed E-state index contributed by atoms with van der Waals surface area (Å²) < 4.78 is 42.2. The Morgan fingerprint density at radius 2 is 0.867 bits per heavy atom. The molecule has 1 rings (SSSR count). The van der Waals surface area contributed by atoms with Gasteiger partial charge in [0.2, 0.25) is 5.91 Å². The molecule has 1 aliphatic rings.